The molecule has 0 fully saturated rings. The van der Waals surface area contributed by atoms with Crippen molar-refractivity contribution in [3.8, 4) is 0 Å². The van der Waals surface area contributed by atoms with Crippen molar-refractivity contribution in [2.45, 2.75) is 46.5 Å². The van der Waals surface area contributed by atoms with Crippen LogP contribution in [0.3, 0.4) is 0 Å². The molecule has 0 aliphatic heterocycles. The first-order valence-electron chi connectivity index (χ1n) is 6.86. The van der Waals surface area contributed by atoms with Crippen molar-refractivity contribution in [1.29, 1.82) is 0 Å². The van der Waals surface area contributed by atoms with Crippen molar-refractivity contribution in [2.75, 3.05) is 0 Å². The molecule has 102 valence electrons. The normalized spacial score (nSPS) is 10.9. The summed E-state index contributed by atoms with van der Waals surface area (Å²) in [5.41, 5.74) is 3.26. The van der Waals surface area contributed by atoms with Crippen LogP contribution in [0.15, 0.2) is 18.5 Å². The molecule has 0 aliphatic carbocycles. The predicted molar refractivity (Wildman–Crippen MR) is 73.4 cm³/mol. The van der Waals surface area contributed by atoms with Crippen molar-refractivity contribution in [2.24, 2.45) is 0 Å². The van der Waals surface area contributed by atoms with E-state index in [9.17, 15) is 4.79 Å². The van der Waals surface area contributed by atoms with Gasteiger partial charge in [-0.05, 0) is 30.9 Å². The number of nitrogens with zero attached hydrogens (tertiary/aromatic N) is 4. The van der Waals surface area contributed by atoms with Crippen LogP contribution in [0.1, 0.15) is 44.1 Å². The second kappa shape index (κ2) is 5.82. The summed E-state index contributed by atoms with van der Waals surface area (Å²) < 4.78 is 2.83. The lowest BCUT2D eigenvalue weighted by molar-refractivity contribution is 0.237. The molecule has 0 atom stereocenters. The quantitative estimate of drug-likeness (QED) is 0.849. The van der Waals surface area contributed by atoms with Crippen molar-refractivity contribution < 1.29 is 4.79 Å². The van der Waals surface area contributed by atoms with E-state index in [4.69, 9.17) is 0 Å². The van der Waals surface area contributed by atoms with Crippen LogP contribution >= 0.6 is 0 Å². The molecule has 5 heteroatoms. The molecule has 19 heavy (non-hydrogen) atoms. The SMILES string of the molecule is CCCc1nn(C(=O)n2cccn2)c(CC)c1CC. The largest absolute Gasteiger partial charge is 0.369 e. The van der Waals surface area contributed by atoms with Crippen molar-refractivity contribution in [3.63, 3.8) is 0 Å². The number of carbonyl (C=O) groups excluding carboxylic acids is 1. The predicted octanol–water partition coefficient (Wildman–Crippen LogP) is 2.67. The van der Waals surface area contributed by atoms with Gasteiger partial charge in [0.1, 0.15) is 0 Å². The Morgan fingerprint density at radius 1 is 1.26 bits per heavy atom. The van der Waals surface area contributed by atoms with Gasteiger partial charge in [0.25, 0.3) is 0 Å². The molecule has 0 radical (unpaired) electrons. The van der Waals surface area contributed by atoms with E-state index in [1.165, 1.54) is 14.9 Å². The minimum atomic E-state index is -0.209. The zero-order valence-corrected chi connectivity index (χ0v) is 11.8. The molecule has 0 amide bonds. The minimum absolute atomic E-state index is 0.209. The lowest BCUT2D eigenvalue weighted by atomic mass is 10.1. The van der Waals surface area contributed by atoms with Gasteiger partial charge in [-0.1, -0.05) is 27.2 Å². The first kappa shape index (κ1) is 13.5. The summed E-state index contributed by atoms with van der Waals surface area (Å²) >= 11 is 0. The summed E-state index contributed by atoms with van der Waals surface area (Å²) in [5, 5.41) is 8.49. The molecule has 0 saturated carbocycles. The molecule has 0 bridgehead atoms. The van der Waals surface area contributed by atoms with E-state index in [1.54, 1.807) is 18.5 Å². The highest BCUT2D eigenvalue weighted by Crippen LogP contribution is 2.18. The smallest absolute Gasteiger partial charge is 0.244 e. The Hall–Kier alpha value is -1.91. The first-order chi connectivity index (χ1) is 9.22. The molecule has 0 aromatic carbocycles. The van der Waals surface area contributed by atoms with Crippen LogP contribution in [0, 0.1) is 0 Å². The molecule has 2 aromatic heterocycles. The Balaban J connectivity index is 2.47. The van der Waals surface area contributed by atoms with Crippen LogP contribution in [-0.4, -0.2) is 25.6 Å². The molecular weight excluding hydrogens is 240 g/mol. The number of rotatable bonds is 4. The third-order valence-electron chi connectivity index (χ3n) is 3.23. The highest BCUT2D eigenvalue weighted by molar-refractivity contribution is 5.78. The first-order valence-corrected chi connectivity index (χ1v) is 6.86. The number of aromatic nitrogens is 4. The van der Waals surface area contributed by atoms with E-state index in [2.05, 4.69) is 31.0 Å². The molecule has 2 aromatic rings. The van der Waals surface area contributed by atoms with Crippen molar-refractivity contribution in [3.05, 3.63) is 35.4 Å². The maximum Gasteiger partial charge on any atom is 0.369 e. The van der Waals surface area contributed by atoms with Crippen LogP contribution in [0.5, 0.6) is 0 Å². The monoisotopic (exact) mass is 260 g/mol. The summed E-state index contributed by atoms with van der Waals surface area (Å²) in [6.45, 7) is 6.29. The Labute approximate surface area is 113 Å². The van der Waals surface area contributed by atoms with Gasteiger partial charge in [-0.3, -0.25) is 0 Å². The molecule has 2 heterocycles. The zero-order valence-electron chi connectivity index (χ0n) is 11.8. The van der Waals surface area contributed by atoms with Gasteiger partial charge in [0, 0.05) is 12.4 Å². The summed E-state index contributed by atoms with van der Waals surface area (Å²) in [5.74, 6) is 0. The summed E-state index contributed by atoms with van der Waals surface area (Å²) in [7, 11) is 0. The second-order valence-electron chi connectivity index (χ2n) is 4.47. The van der Waals surface area contributed by atoms with Crippen molar-refractivity contribution in [1.82, 2.24) is 19.6 Å². The van der Waals surface area contributed by atoms with E-state index in [0.717, 1.165) is 37.1 Å². The highest BCUT2D eigenvalue weighted by Gasteiger charge is 2.20. The molecule has 0 spiro atoms. The van der Waals surface area contributed by atoms with Crippen molar-refractivity contribution >= 4 is 6.03 Å². The van der Waals surface area contributed by atoms with E-state index >= 15 is 0 Å². The van der Waals surface area contributed by atoms with E-state index in [0.29, 0.717) is 0 Å². The Kier molecular flexibility index (Phi) is 4.14. The fourth-order valence-electron chi connectivity index (χ4n) is 2.38. The van der Waals surface area contributed by atoms with Gasteiger partial charge >= 0.3 is 6.03 Å². The molecule has 0 unspecified atom stereocenters. The molecular formula is C14H20N4O. The van der Waals surface area contributed by atoms with Gasteiger partial charge in [-0.25, -0.2) is 4.79 Å². The molecule has 5 nitrogen and oxygen atoms in total. The van der Waals surface area contributed by atoms with Gasteiger partial charge in [0.15, 0.2) is 0 Å². The fourth-order valence-corrected chi connectivity index (χ4v) is 2.38. The van der Waals surface area contributed by atoms with E-state index in [1.807, 2.05) is 0 Å². The zero-order chi connectivity index (χ0) is 13.8. The third kappa shape index (κ3) is 2.45. The van der Waals surface area contributed by atoms with Gasteiger partial charge in [-0.15, -0.1) is 0 Å². The topological polar surface area (TPSA) is 52.7 Å². The van der Waals surface area contributed by atoms with Crippen LogP contribution in [-0.2, 0) is 19.3 Å². The number of carbonyl (C=O) groups is 1. The maximum absolute atomic E-state index is 12.4. The number of hydrogen-bond acceptors (Lipinski definition) is 3. The standard InChI is InChI=1S/C14H20N4O/c1-4-8-12-11(5-2)13(6-3)18(16-12)14(19)17-10-7-9-15-17/h7,9-10H,4-6,8H2,1-3H3. The summed E-state index contributed by atoms with van der Waals surface area (Å²) in [6, 6.07) is 1.53. The van der Waals surface area contributed by atoms with Gasteiger partial charge < -0.3 is 0 Å². The number of hydrogen-bond donors (Lipinski definition) is 0. The van der Waals surface area contributed by atoms with Crippen LogP contribution < -0.4 is 0 Å². The maximum atomic E-state index is 12.4. The summed E-state index contributed by atoms with van der Waals surface area (Å²) in [4.78, 5) is 12.4. The average molecular weight is 260 g/mol. The fraction of sp³-hybridized carbons (Fsp3) is 0.500. The lowest BCUT2D eigenvalue weighted by Gasteiger charge is -2.05. The minimum Gasteiger partial charge on any atom is -0.244 e. The highest BCUT2D eigenvalue weighted by atomic mass is 16.2. The van der Waals surface area contributed by atoms with E-state index in [-0.39, 0.29) is 6.03 Å². The van der Waals surface area contributed by atoms with Gasteiger partial charge in [0.05, 0.1) is 11.4 Å². The molecule has 0 N–H and O–H groups in total. The van der Waals surface area contributed by atoms with Crippen LogP contribution in [0.4, 0.5) is 4.79 Å². The molecule has 0 saturated heterocycles. The Morgan fingerprint density at radius 2 is 2.05 bits per heavy atom. The van der Waals surface area contributed by atoms with Crippen LogP contribution in [0.2, 0.25) is 0 Å². The second-order valence-corrected chi connectivity index (χ2v) is 4.47. The summed E-state index contributed by atoms with van der Waals surface area (Å²) in [6.07, 6.45) is 6.89. The Morgan fingerprint density at radius 3 is 2.58 bits per heavy atom. The van der Waals surface area contributed by atoms with Gasteiger partial charge in [-0.2, -0.15) is 19.6 Å². The van der Waals surface area contributed by atoms with E-state index < -0.39 is 0 Å². The van der Waals surface area contributed by atoms with Gasteiger partial charge in [0.2, 0.25) is 0 Å². The van der Waals surface area contributed by atoms with Crippen LogP contribution in [0.25, 0.3) is 0 Å². The number of aryl methyl sites for hydroxylation is 1. The third-order valence-corrected chi connectivity index (χ3v) is 3.23. The lowest BCUT2D eigenvalue weighted by Crippen LogP contribution is -2.23. The molecule has 2 rings (SSSR count). The average Bonchev–Trinajstić information content (AvgIpc) is 3.05. The molecule has 0 aliphatic rings. The Bertz CT molecular complexity index is 554.